The molecule has 2 aromatic carbocycles. The Hall–Kier alpha value is -1.84. The second-order valence-corrected chi connectivity index (χ2v) is 7.08. The van der Waals surface area contributed by atoms with E-state index < -0.39 is 0 Å². The average Bonchev–Trinajstić information content (AvgIpc) is 3.12. The van der Waals surface area contributed by atoms with Crippen LogP contribution in [0, 0.1) is 0 Å². The van der Waals surface area contributed by atoms with Gasteiger partial charge in [-0.3, -0.25) is 9.69 Å². The molecule has 1 fully saturated rings. The molecule has 2 aromatic rings. The van der Waals surface area contributed by atoms with Gasteiger partial charge in [-0.05, 0) is 55.1 Å². The molecule has 0 radical (unpaired) electrons. The van der Waals surface area contributed by atoms with Gasteiger partial charge in [-0.2, -0.15) is 0 Å². The minimum atomic E-state index is 0.0601. The third-order valence-corrected chi connectivity index (χ3v) is 5.03. The van der Waals surface area contributed by atoms with Gasteiger partial charge in [-0.25, -0.2) is 0 Å². The molecule has 0 spiro atoms. The van der Waals surface area contributed by atoms with Crippen LogP contribution in [-0.4, -0.2) is 23.9 Å². The molecule has 1 saturated heterocycles. The highest BCUT2D eigenvalue weighted by atomic mass is 35.5. The lowest BCUT2D eigenvalue weighted by Gasteiger charge is -2.15. The first kappa shape index (κ1) is 18.0. The van der Waals surface area contributed by atoms with Crippen molar-refractivity contribution in [2.24, 2.45) is 0 Å². The van der Waals surface area contributed by atoms with E-state index >= 15 is 0 Å². The van der Waals surface area contributed by atoms with Gasteiger partial charge in [0.05, 0.1) is 0 Å². The zero-order valence-corrected chi connectivity index (χ0v) is 15.3. The highest BCUT2D eigenvalue weighted by Gasteiger charge is 2.12. The lowest BCUT2D eigenvalue weighted by molar-refractivity contribution is -0.121. The maximum absolute atomic E-state index is 12.1. The number of nitrogens with one attached hydrogen (secondary N) is 1. The number of carbonyl (C=O) groups excluding carboxylic acids is 1. The molecule has 4 heteroatoms. The Morgan fingerprint density at radius 2 is 1.80 bits per heavy atom. The van der Waals surface area contributed by atoms with Crippen LogP contribution in [0.4, 0.5) is 0 Å². The average molecular weight is 357 g/mol. The van der Waals surface area contributed by atoms with Crippen molar-refractivity contribution >= 4 is 17.5 Å². The summed E-state index contributed by atoms with van der Waals surface area (Å²) >= 11 is 6.13. The van der Waals surface area contributed by atoms with Crippen molar-refractivity contribution in [2.45, 2.75) is 38.8 Å². The van der Waals surface area contributed by atoms with Gasteiger partial charge < -0.3 is 5.32 Å². The van der Waals surface area contributed by atoms with Gasteiger partial charge in [0.15, 0.2) is 0 Å². The van der Waals surface area contributed by atoms with Crippen molar-refractivity contribution in [3.05, 3.63) is 70.2 Å². The molecule has 1 aliphatic heterocycles. The molecule has 3 nitrogen and oxygen atoms in total. The number of amides is 1. The van der Waals surface area contributed by atoms with Crippen molar-refractivity contribution < 1.29 is 4.79 Å². The van der Waals surface area contributed by atoms with Gasteiger partial charge in [0.25, 0.3) is 0 Å². The van der Waals surface area contributed by atoms with Crippen LogP contribution in [0.2, 0.25) is 5.02 Å². The second kappa shape index (κ2) is 9.02. The summed E-state index contributed by atoms with van der Waals surface area (Å²) in [7, 11) is 0. The van der Waals surface area contributed by atoms with Crippen LogP contribution in [-0.2, 0) is 24.3 Å². The number of rotatable bonds is 7. The zero-order valence-electron chi connectivity index (χ0n) is 14.5. The summed E-state index contributed by atoms with van der Waals surface area (Å²) in [5.74, 6) is 0.0601. The Morgan fingerprint density at radius 3 is 2.60 bits per heavy atom. The van der Waals surface area contributed by atoms with E-state index in [1.165, 1.54) is 31.5 Å². The maximum atomic E-state index is 12.1. The molecule has 1 N–H and O–H groups in total. The van der Waals surface area contributed by atoms with Crippen LogP contribution >= 0.6 is 11.6 Å². The molecule has 132 valence electrons. The lowest BCUT2D eigenvalue weighted by atomic mass is 10.1. The van der Waals surface area contributed by atoms with E-state index in [0.29, 0.717) is 19.4 Å². The number of hydrogen-bond donors (Lipinski definition) is 1. The maximum Gasteiger partial charge on any atom is 0.220 e. The van der Waals surface area contributed by atoms with Crippen molar-refractivity contribution in [1.29, 1.82) is 0 Å². The number of aryl methyl sites for hydroxylation is 1. The van der Waals surface area contributed by atoms with E-state index in [9.17, 15) is 4.79 Å². The van der Waals surface area contributed by atoms with Gasteiger partial charge in [0.2, 0.25) is 5.91 Å². The Balaban J connectivity index is 1.46. The van der Waals surface area contributed by atoms with Gasteiger partial charge in [-0.1, -0.05) is 54.1 Å². The number of nitrogens with zero attached hydrogens (tertiary/aromatic N) is 1. The van der Waals surface area contributed by atoms with E-state index in [-0.39, 0.29) is 5.91 Å². The number of carbonyl (C=O) groups is 1. The molecule has 1 amide bonds. The number of likely N-dealkylation sites (tertiary alicyclic amines) is 1. The Kier molecular flexibility index (Phi) is 6.48. The van der Waals surface area contributed by atoms with E-state index in [2.05, 4.69) is 34.5 Å². The SMILES string of the molecule is O=C(CCc1ccccc1Cl)NCc1cccc(CN2CCCC2)c1. The lowest BCUT2D eigenvalue weighted by Crippen LogP contribution is -2.23. The Labute approximate surface area is 155 Å². The topological polar surface area (TPSA) is 32.3 Å². The molecular weight excluding hydrogens is 332 g/mol. The van der Waals surface area contributed by atoms with Crippen LogP contribution in [0.5, 0.6) is 0 Å². The largest absolute Gasteiger partial charge is 0.352 e. The predicted molar refractivity (Wildman–Crippen MR) is 103 cm³/mol. The first-order valence-corrected chi connectivity index (χ1v) is 9.39. The fraction of sp³-hybridized carbons (Fsp3) is 0.381. The molecule has 0 aromatic heterocycles. The van der Waals surface area contributed by atoms with Crippen LogP contribution in [0.3, 0.4) is 0 Å². The smallest absolute Gasteiger partial charge is 0.220 e. The van der Waals surface area contributed by atoms with E-state index in [1.807, 2.05) is 24.3 Å². The summed E-state index contributed by atoms with van der Waals surface area (Å²) in [6.07, 6.45) is 3.74. The van der Waals surface area contributed by atoms with E-state index in [4.69, 9.17) is 11.6 Å². The summed E-state index contributed by atoms with van der Waals surface area (Å²) in [6.45, 7) is 3.98. The minimum absolute atomic E-state index is 0.0601. The standard InChI is InChI=1S/C21H25ClN2O/c22-20-9-2-1-8-19(20)10-11-21(25)23-15-17-6-5-7-18(14-17)16-24-12-3-4-13-24/h1-2,5-9,14H,3-4,10-13,15-16H2,(H,23,25). The first-order chi connectivity index (χ1) is 12.2. The summed E-state index contributed by atoms with van der Waals surface area (Å²) < 4.78 is 0. The van der Waals surface area contributed by atoms with Crippen molar-refractivity contribution in [2.75, 3.05) is 13.1 Å². The van der Waals surface area contributed by atoms with Gasteiger partial charge in [0.1, 0.15) is 0 Å². The molecular formula is C21H25ClN2O. The summed E-state index contributed by atoms with van der Waals surface area (Å²) in [5, 5.41) is 3.74. The number of benzene rings is 2. The molecule has 25 heavy (non-hydrogen) atoms. The summed E-state index contributed by atoms with van der Waals surface area (Å²) in [5.41, 5.74) is 3.50. The molecule has 0 aliphatic carbocycles. The monoisotopic (exact) mass is 356 g/mol. The fourth-order valence-corrected chi connectivity index (χ4v) is 3.51. The van der Waals surface area contributed by atoms with Crippen LogP contribution in [0.1, 0.15) is 36.0 Å². The highest BCUT2D eigenvalue weighted by molar-refractivity contribution is 6.31. The van der Waals surface area contributed by atoms with E-state index in [0.717, 1.165) is 22.7 Å². The normalized spacial score (nSPS) is 14.6. The van der Waals surface area contributed by atoms with E-state index in [1.54, 1.807) is 0 Å². The first-order valence-electron chi connectivity index (χ1n) is 9.01. The zero-order chi connectivity index (χ0) is 17.5. The molecule has 1 aliphatic rings. The van der Waals surface area contributed by atoms with Crippen LogP contribution < -0.4 is 5.32 Å². The quantitative estimate of drug-likeness (QED) is 0.807. The van der Waals surface area contributed by atoms with Crippen molar-refractivity contribution in [3.8, 4) is 0 Å². The summed E-state index contributed by atoms with van der Waals surface area (Å²) in [6, 6.07) is 16.2. The molecule has 0 atom stereocenters. The minimum Gasteiger partial charge on any atom is -0.352 e. The molecule has 0 bridgehead atoms. The molecule has 1 heterocycles. The van der Waals surface area contributed by atoms with Gasteiger partial charge >= 0.3 is 0 Å². The number of hydrogen-bond acceptors (Lipinski definition) is 2. The third kappa shape index (κ3) is 5.58. The summed E-state index contributed by atoms with van der Waals surface area (Å²) in [4.78, 5) is 14.6. The molecule has 3 rings (SSSR count). The van der Waals surface area contributed by atoms with Crippen molar-refractivity contribution in [1.82, 2.24) is 10.2 Å². The predicted octanol–water partition coefficient (Wildman–Crippen LogP) is 4.18. The third-order valence-electron chi connectivity index (χ3n) is 4.67. The Morgan fingerprint density at radius 1 is 1.04 bits per heavy atom. The number of halogens is 1. The molecule has 0 saturated carbocycles. The van der Waals surface area contributed by atoms with Crippen LogP contribution in [0.15, 0.2) is 48.5 Å². The van der Waals surface area contributed by atoms with Gasteiger partial charge in [-0.15, -0.1) is 0 Å². The molecule has 0 unspecified atom stereocenters. The highest BCUT2D eigenvalue weighted by Crippen LogP contribution is 2.17. The fourth-order valence-electron chi connectivity index (χ4n) is 3.28. The van der Waals surface area contributed by atoms with Gasteiger partial charge in [0, 0.05) is 24.5 Å². The second-order valence-electron chi connectivity index (χ2n) is 6.67. The van der Waals surface area contributed by atoms with Crippen molar-refractivity contribution in [3.63, 3.8) is 0 Å². The Bertz CT molecular complexity index is 711. The van der Waals surface area contributed by atoms with Crippen LogP contribution in [0.25, 0.3) is 0 Å².